The molecule has 0 aliphatic rings. The Hall–Kier alpha value is -1.00. The molecule has 3 aromatic rings. The topological polar surface area (TPSA) is 0 Å². The van der Waals surface area contributed by atoms with E-state index in [0.717, 1.165) is 0 Å². The van der Waals surface area contributed by atoms with Crippen molar-refractivity contribution >= 4 is 48.8 Å². The van der Waals surface area contributed by atoms with E-state index in [9.17, 15) is 0 Å². The molecule has 0 fully saturated rings. The van der Waals surface area contributed by atoms with Crippen molar-refractivity contribution in [3.8, 4) is 0 Å². The van der Waals surface area contributed by atoms with Gasteiger partial charge in [-0.15, -0.1) is 17.0 Å². The number of hydrogen-bond donors (Lipinski definition) is 0. The first kappa shape index (κ1) is 16.4. The maximum absolute atomic E-state index is 3.20. The number of hydrogen-bond acceptors (Lipinski definition) is 0. The van der Waals surface area contributed by atoms with Gasteiger partial charge in [-0.05, 0) is 0 Å². The molecule has 0 nitrogen and oxygen atoms in total. The summed E-state index contributed by atoms with van der Waals surface area (Å²) in [6.07, 6.45) is 0. The van der Waals surface area contributed by atoms with Crippen molar-refractivity contribution in [2.24, 2.45) is 0 Å². The van der Waals surface area contributed by atoms with Crippen LogP contribution in [0.15, 0.2) is 91.0 Å². The van der Waals surface area contributed by atoms with E-state index in [2.05, 4.69) is 99.9 Å². The van der Waals surface area contributed by atoms with E-state index in [1.54, 1.807) is 0 Å². The van der Waals surface area contributed by atoms with Gasteiger partial charge in [-0.3, -0.25) is 0 Å². The van der Waals surface area contributed by atoms with Crippen LogP contribution in [0.1, 0.15) is 0 Å². The standard InChI is InChI=1S/C18H18P2.BrH/c19-20(16-10-4-1-5-11-16,17-12-6-2-7-13-17)18-14-8-3-9-15-18;/h1-15,20H,19H2;1H. The molecule has 3 heteroatoms. The van der Waals surface area contributed by atoms with Crippen molar-refractivity contribution in [3.05, 3.63) is 91.0 Å². The molecule has 108 valence electrons. The molecule has 21 heavy (non-hydrogen) atoms. The van der Waals surface area contributed by atoms with Crippen LogP contribution >= 0.6 is 32.9 Å². The zero-order valence-corrected chi connectivity index (χ0v) is 15.5. The van der Waals surface area contributed by atoms with E-state index >= 15 is 0 Å². The van der Waals surface area contributed by atoms with E-state index in [1.165, 1.54) is 15.9 Å². The summed E-state index contributed by atoms with van der Waals surface area (Å²) in [5.41, 5.74) is 0. The summed E-state index contributed by atoms with van der Waals surface area (Å²) in [7, 11) is 3.20. The monoisotopic (exact) mass is 376 g/mol. The molecule has 0 aromatic heterocycles. The summed E-state index contributed by atoms with van der Waals surface area (Å²) < 4.78 is 0. The molecular formula is C18H19BrP2. The Kier molecular flexibility index (Phi) is 5.71. The first-order chi connectivity index (χ1) is 9.82. The molecule has 0 saturated heterocycles. The normalized spacial score (nSPS) is 11.5. The van der Waals surface area contributed by atoms with E-state index in [-0.39, 0.29) is 17.0 Å². The minimum absolute atomic E-state index is 0. The van der Waals surface area contributed by atoms with Gasteiger partial charge in [0, 0.05) is 0 Å². The van der Waals surface area contributed by atoms with Crippen LogP contribution in [-0.4, -0.2) is 0 Å². The second-order valence-corrected chi connectivity index (χ2v) is 10.9. The van der Waals surface area contributed by atoms with E-state index in [0.29, 0.717) is 0 Å². The van der Waals surface area contributed by atoms with Gasteiger partial charge >= 0.3 is 123 Å². The van der Waals surface area contributed by atoms with Crippen LogP contribution in [0.25, 0.3) is 0 Å². The third kappa shape index (κ3) is 3.27. The van der Waals surface area contributed by atoms with Crippen LogP contribution in [0, 0.1) is 0 Å². The van der Waals surface area contributed by atoms with Crippen molar-refractivity contribution < 1.29 is 0 Å². The van der Waals surface area contributed by atoms with Crippen LogP contribution in [-0.2, 0) is 0 Å². The summed E-state index contributed by atoms with van der Waals surface area (Å²) >= 11 is 0. The molecule has 3 rings (SSSR count). The van der Waals surface area contributed by atoms with Crippen molar-refractivity contribution in [1.29, 1.82) is 0 Å². The fraction of sp³-hybridized carbons (Fsp3) is 0. The van der Waals surface area contributed by atoms with Crippen LogP contribution in [0.5, 0.6) is 0 Å². The Bertz CT molecular complexity index is 573. The second kappa shape index (κ2) is 7.32. The van der Waals surface area contributed by atoms with Gasteiger partial charge in [0.1, 0.15) is 0 Å². The van der Waals surface area contributed by atoms with Gasteiger partial charge in [0.05, 0.1) is 0 Å². The van der Waals surface area contributed by atoms with Crippen molar-refractivity contribution in [2.75, 3.05) is 0 Å². The molecule has 0 bridgehead atoms. The molecule has 0 radical (unpaired) electrons. The number of rotatable bonds is 3. The van der Waals surface area contributed by atoms with E-state index in [4.69, 9.17) is 0 Å². The average Bonchev–Trinajstić information content (AvgIpc) is 2.56. The quantitative estimate of drug-likeness (QED) is 0.604. The van der Waals surface area contributed by atoms with E-state index in [1.807, 2.05) is 0 Å². The van der Waals surface area contributed by atoms with Crippen LogP contribution in [0.4, 0.5) is 0 Å². The van der Waals surface area contributed by atoms with Crippen LogP contribution < -0.4 is 15.9 Å². The Morgan fingerprint density at radius 3 is 0.952 bits per heavy atom. The molecule has 0 aliphatic carbocycles. The molecule has 0 spiro atoms. The molecule has 3 aromatic carbocycles. The number of benzene rings is 3. The first-order valence-corrected chi connectivity index (χ1v) is 10.6. The van der Waals surface area contributed by atoms with Gasteiger partial charge < -0.3 is 0 Å². The molecule has 0 saturated carbocycles. The van der Waals surface area contributed by atoms with Crippen LogP contribution in [0.2, 0.25) is 0 Å². The predicted octanol–water partition coefficient (Wildman–Crippen LogP) is 4.08. The number of halogens is 1. The Morgan fingerprint density at radius 2 is 0.714 bits per heavy atom. The summed E-state index contributed by atoms with van der Waals surface area (Å²) in [4.78, 5) is 0. The van der Waals surface area contributed by atoms with Gasteiger partial charge in [-0.25, -0.2) is 0 Å². The minimum atomic E-state index is -1.96. The fourth-order valence-corrected chi connectivity index (χ4v) is 7.49. The molecule has 0 amide bonds. The van der Waals surface area contributed by atoms with E-state index < -0.39 is 6.95 Å². The molecule has 1 unspecified atom stereocenters. The fourth-order valence-electron chi connectivity index (χ4n) is 2.60. The van der Waals surface area contributed by atoms with Gasteiger partial charge in [-0.1, -0.05) is 0 Å². The average molecular weight is 377 g/mol. The SMILES string of the molecule is Br.P[PH](c1ccccc1)(c1ccccc1)c1ccccc1. The molecule has 0 heterocycles. The van der Waals surface area contributed by atoms with Crippen molar-refractivity contribution in [1.82, 2.24) is 0 Å². The van der Waals surface area contributed by atoms with Gasteiger partial charge in [0.15, 0.2) is 0 Å². The first-order valence-electron chi connectivity index (χ1n) is 6.77. The molecular weight excluding hydrogens is 358 g/mol. The molecule has 0 aliphatic heterocycles. The third-order valence-electron chi connectivity index (χ3n) is 3.69. The van der Waals surface area contributed by atoms with Crippen molar-refractivity contribution in [3.63, 3.8) is 0 Å². The molecule has 1 atom stereocenters. The zero-order chi connectivity index (χ0) is 13.8. The third-order valence-corrected chi connectivity index (χ3v) is 10.4. The maximum atomic E-state index is 3.20. The Morgan fingerprint density at radius 1 is 0.476 bits per heavy atom. The van der Waals surface area contributed by atoms with Crippen LogP contribution in [0.3, 0.4) is 0 Å². The summed E-state index contributed by atoms with van der Waals surface area (Å²) in [5.74, 6) is 0. The van der Waals surface area contributed by atoms with Crippen molar-refractivity contribution in [2.45, 2.75) is 0 Å². The Balaban J connectivity index is 0.00000161. The van der Waals surface area contributed by atoms with Gasteiger partial charge in [-0.2, -0.15) is 0 Å². The zero-order valence-electron chi connectivity index (χ0n) is 11.6. The second-order valence-electron chi connectivity index (χ2n) is 4.91. The summed E-state index contributed by atoms with van der Waals surface area (Å²) in [6, 6.07) is 32.5. The predicted molar refractivity (Wildman–Crippen MR) is 107 cm³/mol. The summed E-state index contributed by atoms with van der Waals surface area (Å²) in [5, 5.41) is 4.26. The molecule has 0 N–H and O–H groups in total. The Labute approximate surface area is 139 Å². The van der Waals surface area contributed by atoms with Gasteiger partial charge in [0.25, 0.3) is 0 Å². The summed E-state index contributed by atoms with van der Waals surface area (Å²) in [6.45, 7) is -1.96. The van der Waals surface area contributed by atoms with Gasteiger partial charge in [0.2, 0.25) is 0 Å².